The van der Waals surface area contributed by atoms with Gasteiger partial charge in [-0.25, -0.2) is 0 Å². The van der Waals surface area contributed by atoms with E-state index in [4.69, 9.17) is 17.3 Å². The summed E-state index contributed by atoms with van der Waals surface area (Å²) in [5.74, 6) is 3.21. The molecule has 1 nitrogen and oxygen atoms in total. The Morgan fingerprint density at radius 2 is 2.06 bits per heavy atom. The van der Waals surface area contributed by atoms with Gasteiger partial charge >= 0.3 is 0 Å². The van der Waals surface area contributed by atoms with E-state index in [2.05, 4.69) is 30.0 Å². The fourth-order valence-corrected chi connectivity index (χ4v) is 3.70. The first-order valence-corrected chi connectivity index (χ1v) is 7.40. The molecule has 2 N–H and O–H groups in total. The molecular weight excluding hydrogens is 238 g/mol. The van der Waals surface area contributed by atoms with Crippen molar-refractivity contribution in [2.45, 2.75) is 25.2 Å². The molecule has 16 heavy (non-hydrogen) atoms. The minimum atomic E-state index is 0.667. The molecule has 0 amide bonds. The molecule has 0 bridgehead atoms. The van der Waals surface area contributed by atoms with Crippen molar-refractivity contribution in [1.82, 2.24) is 0 Å². The number of thioether (sulfide) groups is 1. The number of hydrogen-bond donors (Lipinski definition) is 1. The Hall–Kier alpha value is -0.180. The minimum Gasteiger partial charge on any atom is -0.330 e. The third kappa shape index (κ3) is 2.93. The molecule has 1 heterocycles. The molecule has 1 aromatic carbocycles. The van der Waals surface area contributed by atoms with E-state index in [0.717, 1.165) is 11.4 Å². The van der Waals surface area contributed by atoms with E-state index < -0.39 is 0 Å². The van der Waals surface area contributed by atoms with Crippen LogP contribution in [0.25, 0.3) is 0 Å². The normalized spacial score (nSPS) is 17.6. The van der Waals surface area contributed by atoms with E-state index in [0.29, 0.717) is 12.5 Å². The molecule has 3 heteroatoms. The Bertz CT molecular complexity index is 348. The number of benzene rings is 1. The van der Waals surface area contributed by atoms with Crippen LogP contribution in [0.15, 0.2) is 18.2 Å². The van der Waals surface area contributed by atoms with Crippen molar-refractivity contribution in [3.05, 3.63) is 34.3 Å². The first kappa shape index (κ1) is 12.3. The molecule has 0 radical (unpaired) electrons. The fourth-order valence-electron chi connectivity index (χ4n) is 2.23. The molecule has 1 fully saturated rings. The van der Waals surface area contributed by atoms with E-state index in [9.17, 15) is 0 Å². The summed E-state index contributed by atoms with van der Waals surface area (Å²) in [6.07, 6.45) is 3.45. The van der Waals surface area contributed by atoms with Gasteiger partial charge in [0.25, 0.3) is 0 Å². The van der Waals surface area contributed by atoms with Gasteiger partial charge in [0.05, 0.1) is 0 Å². The quantitative estimate of drug-likeness (QED) is 0.895. The second kappa shape index (κ2) is 5.95. The lowest BCUT2D eigenvalue weighted by Gasteiger charge is -2.23. The first-order chi connectivity index (χ1) is 7.81. The fraction of sp³-hybridized carbons (Fsp3) is 0.538. The largest absolute Gasteiger partial charge is 0.330 e. The number of nitrogens with two attached hydrogens (primary N) is 1. The monoisotopic (exact) mass is 255 g/mol. The Morgan fingerprint density at radius 1 is 1.31 bits per heavy atom. The maximum atomic E-state index is 6.35. The third-order valence-corrected chi connectivity index (χ3v) is 4.54. The summed E-state index contributed by atoms with van der Waals surface area (Å²) >= 11 is 8.40. The van der Waals surface area contributed by atoms with Crippen molar-refractivity contribution >= 4 is 23.4 Å². The predicted octanol–water partition coefficient (Wildman–Crippen LogP) is 3.45. The average Bonchev–Trinajstić information content (AvgIpc) is 2.31. The van der Waals surface area contributed by atoms with Gasteiger partial charge in [-0.1, -0.05) is 23.7 Å². The molecule has 0 aliphatic carbocycles. The van der Waals surface area contributed by atoms with Crippen molar-refractivity contribution in [2.24, 2.45) is 5.73 Å². The van der Waals surface area contributed by atoms with Crippen LogP contribution in [-0.4, -0.2) is 18.1 Å². The van der Waals surface area contributed by atoms with Gasteiger partial charge in [0.1, 0.15) is 0 Å². The molecule has 0 atom stereocenters. The standard InChI is InChI=1S/C13H18ClNS/c14-13-9-10(3-6-15)1-2-12(13)11-4-7-16-8-5-11/h1-2,9,11H,3-8,15H2. The lowest BCUT2D eigenvalue weighted by molar-refractivity contribution is 0.637. The zero-order chi connectivity index (χ0) is 11.4. The van der Waals surface area contributed by atoms with Crippen molar-refractivity contribution in [1.29, 1.82) is 0 Å². The molecule has 1 aliphatic rings. The first-order valence-electron chi connectivity index (χ1n) is 5.87. The van der Waals surface area contributed by atoms with Crippen LogP contribution < -0.4 is 5.73 Å². The minimum absolute atomic E-state index is 0.667. The molecule has 88 valence electrons. The van der Waals surface area contributed by atoms with Crippen molar-refractivity contribution < 1.29 is 0 Å². The maximum Gasteiger partial charge on any atom is 0.0443 e. The molecule has 2 rings (SSSR count). The summed E-state index contributed by atoms with van der Waals surface area (Å²) in [5, 5.41) is 0.933. The summed E-state index contributed by atoms with van der Waals surface area (Å²) in [4.78, 5) is 0. The summed E-state index contributed by atoms with van der Waals surface area (Å²) in [6, 6.07) is 6.47. The van der Waals surface area contributed by atoms with Crippen LogP contribution in [0, 0.1) is 0 Å². The Balaban J connectivity index is 2.14. The number of hydrogen-bond acceptors (Lipinski definition) is 2. The van der Waals surface area contributed by atoms with Crippen molar-refractivity contribution in [3.8, 4) is 0 Å². The molecule has 0 saturated carbocycles. The van der Waals surface area contributed by atoms with Gasteiger partial charge in [-0.05, 0) is 60.4 Å². The van der Waals surface area contributed by atoms with E-state index in [1.807, 2.05) is 0 Å². The molecule has 0 spiro atoms. The van der Waals surface area contributed by atoms with Crippen LogP contribution in [0.1, 0.15) is 29.9 Å². The van der Waals surface area contributed by atoms with Gasteiger partial charge in [-0.3, -0.25) is 0 Å². The lowest BCUT2D eigenvalue weighted by Crippen LogP contribution is -2.09. The predicted molar refractivity (Wildman–Crippen MR) is 73.5 cm³/mol. The van der Waals surface area contributed by atoms with E-state index >= 15 is 0 Å². The Kier molecular flexibility index (Phi) is 4.56. The van der Waals surface area contributed by atoms with Crippen LogP contribution in [0.5, 0.6) is 0 Å². The molecular formula is C13H18ClNS. The van der Waals surface area contributed by atoms with Gasteiger partial charge < -0.3 is 5.73 Å². The zero-order valence-corrected chi connectivity index (χ0v) is 11.0. The highest BCUT2D eigenvalue weighted by Gasteiger charge is 2.18. The van der Waals surface area contributed by atoms with E-state index in [1.165, 1.54) is 35.5 Å². The van der Waals surface area contributed by atoms with Crippen LogP contribution >= 0.6 is 23.4 Å². The highest BCUT2D eigenvalue weighted by atomic mass is 35.5. The highest BCUT2D eigenvalue weighted by Crippen LogP contribution is 2.35. The smallest absolute Gasteiger partial charge is 0.0443 e. The van der Waals surface area contributed by atoms with Crippen LogP contribution in [-0.2, 0) is 6.42 Å². The molecule has 1 aliphatic heterocycles. The number of halogens is 1. The maximum absolute atomic E-state index is 6.35. The summed E-state index contributed by atoms with van der Waals surface area (Å²) in [5.41, 5.74) is 8.13. The third-order valence-electron chi connectivity index (χ3n) is 3.16. The molecule has 1 aromatic rings. The second-order valence-corrected chi connectivity index (χ2v) is 5.91. The highest BCUT2D eigenvalue weighted by molar-refractivity contribution is 7.99. The van der Waals surface area contributed by atoms with Gasteiger partial charge in [0.2, 0.25) is 0 Å². The topological polar surface area (TPSA) is 26.0 Å². The van der Waals surface area contributed by atoms with Crippen molar-refractivity contribution in [2.75, 3.05) is 18.1 Å². The van der Waals surface area contributed by atoms with E-state index in [1.54, 1.807) is 0 Å². The molecule has 0 aromatic heterocycles. The van der Waals surface area contributed by atoms with Gasteiger partial charge in [-0.2, -0.15) is 11.8 Å². The summed E-state index contributed by atoms with van der Waals surface area (Å²) in [6.45, 7) is 0.690. The summed E-state index contributed by atoms with van der Waals surface area (Å²) < 4.78 is 0. The second-order valence-electron chi connectivity index (χ2n) is 4.28. The Labute approximate surface area is 107 Å². The number of rotatable bonds is 3. The van der Waals surface area contributed by atoms with Crippen LogP contribution in [0.4, 0.5) is 0 Å². The average molecular weight is 256 g/mol. The van der Waals surface area contributed by atoms with Crippen LogP contribution in [0.3, 0.4) is 0 Å². The van der Waals surface area contributed by atoms with Crippen LogP contribution in [0.2, 0.25) is 5.02 Å². The van der Waals surface area contributed by atoms with Gasteiger partial charge in [0, 0.05) is 5.02 Å². The van der Waals surface area contributed by atoms with Gasteiger partial charge in [0.15, 0.2) is 0 Å². The van der Waals surface area contributed by atoms with Gasteiger partial charge in [-0.15, -0.1) is 0 Å². The summed E-state index contributed by atoms with van der Waals surface area (Å²) in [7, 11) is 0. The lowest BCUT2D eigenvalue weighted by atomic mass is 9.92. The van der Waals surface area contributed by atoms with E-state index in [-0.39, 0.29) is 0 Å². The zero-order valence-electron chi connectivity index (χ0n) is 9.42. The van der Waals surface area contributed by atoms with Crippen molar-refractivity contribution in [3.63, 3.8) is 0 Å². The SMILES string of the molecule is NCCc1ccc(C2CCSCC2)c(Cl)c1. The molecule has 0 unspecified atom stereocenters. The molecule has 1 saturated heterocycles. The Morgan fingerprint density at radius 3 is 2.69 bits per heavy atom.